The topological polar surface area (TPSA) is 54.5 Å². The highest BCUT2D eigenvalue weighted by molar-refractivity contribution is 5.52. The summed E-state index contributed by atoms with van der Waals surface area (Å²) in [4.78, 5) is 0. The molecular formula is C12H18N4. The SMILES string of the molecule is CCCCC.c1ccc(-c2nn[nH]n2)cc1. The summed E-state index contributed by atoms with van der Waals surface area (Å²) < 4.78 is 0. The van der Waals surface area contributed by atoms with Gasteiger partial charge in [0.25, 0.3) is 0 Å². The zero-order valence-electron chi connectivity index (χ0n) is 9.85. The van der Waals surface area contributed by atoms with Gasteiger partial charge in [-0.1, -0.05) is 63.4 Å². The summed E-state index contributed by atoms with van der Waals surface area (Å²) in [6.45, 7) is 4.42. The van der Waals surface area contributed by atoms with Crippen LogP contribution in [0.5, 0.6) is 0 Å². The molecule has 0 radical (unpaired) electrons. The zero-order valence-corrected chi connectivity index (χ0v) is 9.85. The predicted octanol–water partition coefficient (Wildman–Crippen LogP) is 3.06. The molecule has 1 aromatic carbocycles. The van der Waals surface area contributed by atoms with Crippen LogP contribution in [0, 0.1) is 0 Å². The van der Waals surface area contributed by atoms with Gasteiger partial charge >= 0.3 is 0 Å². The van der Waals surface area contributed by atoms with Gasteiger partial charge in [0.1, 0.15) is 0 Å². The molecule has 0 fully saturated rings. The fourth-order valence-corrected chi connectivity index (χ4v) is 1.22. The van der Waals surface area contributed by atoms with E-state index < -0.39 is 0 Å². The van der Waals surface area contributed by atoms with Gasteiger partial charge < -0.3 is 0 Å². The lowest BCUT2D eigenvalue weighted by atomic mass is 10.2. The molecule has 0 aliphatic carbocycles. The lowest BCUT2D eigenvalue weighted by molar-refractivity contribution is 0.772. The normalized spacial score (nSPS) is 9.38. The first-order valence-electron chi connectivity index (χ1n) is 5.67. The Hall–Kier alpha value is -1.71. The van der Waals surface area contributed by atoms with Crippen LogP contribution in [-0.4, -0.2) is 20.6 Å². The first-order valence-corrected chi connectivity index (χ1v) is 5.67. The van der Waals surface area contributed by atoms with Crippen LogP contribution in [0.15, 0.2) is 30.3 Å². The Morgan fingerprint density at radius 1 is 1.06 bits per heavy atom. The second kappa shape index (κ2) is 7.56. The molecule has 86 valence electrons. The summed E-state index contributed by atoms with van der Waals surface area (Å²) in [5.74, 6) is 0.630. The summed E-state index contributed by atoms with van der Waals surface area (Å²) in [5.41, 5.74) is 0.973. The molecule has 0 saturated heterocycles. The monoisotopic (exact) mass is 218 g/mol. The number of unbranched alkanes of at least 4 members (excludes halogenated alkanes) is 2. The van der Waals surface area contributed by atoms with Gasteiger partial charge in [-0.05, 0) is 5.21 Å². The van der Waals surface area contributed by atoms with Crippen LogP contribution in [0.25, 0.3) is 11.4 Å². The van der Waals surface area contributed by atoms with E-state index in [1.165, 1.54) is 19.3 Å². The van der Waals surface area contributed by atoms with Crippen molar-refractivity contribution in [2.45, 2.75) is 33.1 Å². The van der Waals surface area contributed by atoms with Crippen LogP contribution >= 0.6 is 0 Å². The van der Waals surface area contributed by atoms with E-state index >= 15 is 0 Å². The van der Waals surface area contributed by atoms with Crippen LogP contribution < -0.4 is 0 Å². The van der Waals surface area contributed by atoms with Crippen molar-refractivity contribution in [1.82, 2.24) is 20.6 Å². The van der Waals surface area contributed by atoms with Gasteiger partial charge in [0.15, 0.2) is 0 Å². The van der Waals surface area contributed by atoms with Crippen molar-refractivity contribution in [3.8, 4) is 11.4 Å². The van der Waals surface area contributed by atoms with Gasteiger partial charge in [0.05, 0.1) is 0 Å². The van der Waals surface area contributed by atoms with Crippen molar-refractivity contribution in [3.05, 3.63) is 30.3 Å². The van der Waals surface area contributed by atoms with Crippen LogP contribution in [0.1, 0.15) is 33.1 Å². The summed E-state index contributed by atoms with van der Waals surface area (Å²) in [6.07, 6.45) is 4.08. The van der Waals surface area contributed by atoms with Crippen molar-refractivity contribution >= 4 is 0 Å². The average Bonchev–Trinajstić information content (AvgIpc) is 2.86. The quantitative estimate of drug-likeness (QED) is 0.861. The first-order chi connectivity index (χ1) is 7.88. The van der Waals surface area contributed by atoms with Crippen LogP contribution in [0.2, 0.25) is 0 Å². The van der Waals surface area contributed by atoms with E-state index in [0.29, 0.717) is 5.82 Å². The van der Waals surface area contributed by atoms with E-state index in [1.54, 1.807) is 0 Å². The second-order valence-corrected chi connectivity index (χ2v) is 3.45. The summed E-state index contributed by atoms with van der Waals surface area (Å²) >= 11 is 0. The fraction of sp³-hybridized carbons (Fsp3) is 0.417. The van der Waals surface area contributed by atoms with Gasteiger partial charge in [-0.25, -0.2) is 0 Å². The summed E-state index contributed by atoms with van der Waals surface area (Å²) in [6, 6.07) is 9.69. The van der Waals surface area contributed by atoms with Crippen molar-refractivity contribution in [1.29, 1.82) is 0 Å². The number of aromatic nitrogens is 4. The molecule has 0 saturated carbocycles. The lowest BCUT2D eigenvalue weighted by Crippen LogP contribution is -1.78. The molecule has 4 heteroatoms. The Morgan fingerprint density at radius 3 is 2.19 bits per heavy atom. The molecule has 1 N–H and O–H groups in total. The Bertz CT molecular complexity index is 354. The second-order valence-electron chi connectivity index (χ2n) is 3.45. The molecular weight excluding hydrogens is 200 g/mol. The molecule has 0 amide bonds. The van der Waals surface area contributed by atoms with Crippen LogP contribution in [0.3, 0.4) is 0 Å². The Labute approximate surface area is 96.1 Å². The average molecular weight is 218 g/mol. The molecule has 4 nitrogen and oxygen atoms in total. The van der Waals surface area contributed by atoms with Gasteiger partial charge in [-0.2, -0.15) is 5.21 Å². The Balaban J connectivity index is 0.000000221. The number of hydrogen-bond donors (Lipinski definition) is 1. The Morgan fingerprint density at radius 2 is 1.75 bits per heavy atom. The van der Waals surface area contributed by atoms with E-state index in [-0.39, 0.29) is 0 Å². The molecule has 2 aromatic rings. The number of nitrogens with one attached hydrogen (secondary N) is 1. The maximum absolute atomic E-state index is 3.84. The minimum atomic E-state index is 0.630. The van der Waals surface area contributed by atoms with Crippen LogP contribution in [-0.2, 0) is 0 Å². The lowest BCUT2D eigenvalue weighted by Gasteiger charge is -1.89. The molecule has 0 bridgehead atoms. The smallest absolute Gasteiger partial charge is 0.177 e. The minimum Gasteiger partial charge on any atom is -0.177 e. The zero-order chi connectivity index (χ0) is 11.6. The molecule has 1 aromatic heterocycles. The number of benzene rings is 1. The number of aromatic amines is 1. The van der Waals surface area contributed by atoms with Gasteiger partial charge in [-0.15, -0.1) is 10.2 Å². The number of H-pyrrole nitrogens is 1. The summed E-state index contributed by atoms with van der Waals surface area (Å²) in [5, 5.41) is 13.5. The molecule has 0 spiro atoms. The predicted molar refractivity (Wildman–Crippen MR) is 64.8 cm³/mol. The van der Waals surface area contributed by atoms with Crippen molar-refractivity contribution in [3.63, 3.8) is 0 Å². The maximum atomic E-state index is 3.84. The number of nitrogens with zero attached hydrogens (tertiary/aromatic N) is 3. The number of hydrogen-bond acceptors (Lipinski definition) is 3. The maximum Gasteiger partial charge on any atom is 0.204 e. The molecule has 0 unspecified atom stereocenters. The van der Waals surface area contributed by atoms with Gasteiger partial charge in [0, 0.05) is 5.56 Å². The third-order valence-electron chi connectivity index (χ3n) is 2.08. The van der Waals surface area contributed by atoms with E-state index in [0.717, 1.165) is 5.56 Å². The fourth-order valence-electron chi connectivity index (χ4n) is 1.22. The number of rotatable bonds is 3. The van der Waals surface area contributed by atoms with Gasteiger partial charge in [-0.3, -0.25) is 0 Å². The molecule has 0 atom stereocenters. The van der Waals surface area contributed by atoms with Crippen molar-refractivity contribution < 1.29 is 0 Å². The highest BCUT2D eigenvalue weighted by atomic mass is 15.5. The first kappa shape index (κ1) is 12.4. The third kappa shape index (κ3) is 4.21. The van der Waals surface area contributed by atoms with Crippen molar-refractivity contribution in [2.24, 2.45) is 0 Å². The minimum absolute atomic E-state index is 0.630. The third-order valence-corrected chi connectivity index (χ3v) is 2.08. The van der Waals surface area contributed by atoms with E-state index in [1.807, 2.05) is 30.3 Å². The van der Waals surface area contributed by atoms with E-state index in [2.05, 4.69) is 34.5 Å². The molecule has 16 heavy (non-hydrogen) atoms. The van der Waals surface area contributed by atoms with E-state index in [4.69, 9.17) is 0 Å². The molecule has 0 aliphatic heterocycles. The van der Waals surface area contributed by atoms with Gasteiger partial charge in [0.2, 0.25) is 5.82 Å². The highest BCUT2D eigenvalue weighted by Gasteiger charge is 1.98. The molecule has 1 heterocycles. The van der Waals surface area contributed by atoms with E-state index in [9.17, 15) is 0 Å². The van der Waals surface area contributed by atoms with Crippen LogP contribution in [0.4, 0.5) is 0 Å². The Kier molecular flexibility index (Phi) is 5.84. The standard InChI is InChI=1S/C7H6N4.C5H12/c1-2-4-6(5-3-1)7-8-10-11-9-7;1-3-5-4-2/h1-5H,(H,8,9,10,11);3-5H2,1-2H3. The number of tetrazole rings is 1. The largest absolute Gasteiger partial charge is 0.204 e. The molecule has 0 aliphatic rings. The summed E-state index contributed by atoms with van der Waals surface area (Å²) in [7, 11) is 0. The highest BCUT2D eigenvalue weighted by Crippen LogP contribution is 2.10. The molecule has 2 rings (SSSR count). The van der Waals surface area contributed by atoms with Crippen molar-refractivity contribution in [2.75, 3.05) is 0 Å².